The monoisotopic (exact) mass is 1370 g/mol. The van der Waals surface area contributed by atoms with E-state index in [1.807, 2.05) is 0 Å². The van der Waals surface area contributed by atoms with Gasteiger partial charge in [0, 0.05) is 24.0 Å². The zero-order chi connectivity index (χ0) is 71.5. The van der Waals surface area contributed by atoms with Gasteiger partial charge in [-0.1, -0.05) is 245 Å². The number of carbonyl (C=O) groups excluding carboxylic acids is 2. The Hall–Kier alpha value is -6.14. The number of rotatable bonds is 15. The summed E-state index contributed by atoms with van der Waals surface area (Å²) in [5.74, 6) is 9.85. The number of allylic oxidation sites excluding steroid dienone is 2. The minimum atomic E-state index is -0.701. The Morgan fingerprint density at radius 2 is 0.794 bits per heavy atom. The second-order valence-corrected chi connectivity index (χ2v) is 39.4. The van der Waals surface area contributed by atoms with Crippen molar-refractivity contribution in [2.45, 2.75) is 275 Å². The van der Waals surface area contributed by atoms with E-state index in [1.165, 1.54) is 112 Å². The fourth-order valence-corrected chi connectivity index (χ4v) is 25.3. The van der Waals surface area contributed by atoms with Gasteiger partial charge in [0.05, 0.1) is 0 Å². The normalized spacial score (nSPS) is 31.6. The second-order valence-electron chi connectivity index (χ2n) is 39.4. The maximum atomic E-state index is 15.3. The molecule has 8 aliphatic rings. The molecule has 102 heavy (non-hydrogen) atoms. The van der Waals surface area contributed by atoms with Crippen LogP contribution in [0, 0.1) is 92.7 Å². The third kappa shape index (κ3) is 11.8. The van der Waals surface area contributed by atoms with E-state index >= 15 is 9.59 Å². The number of benzene rings is 8. The molecule has 0 amide bonds. The molecule has 0 bridgehead atoms. The van der Waals surface area contributed by atoms with Crippen molar-refractivity contribution in [1.29, 1.82) is 0 Å². The first-order valence-electron chi connectivity index (χ1n) is 41.2. The minimum Gasteiger partial charge on any atom is -0.430 e. The van der Waals surface area contributed by atoms with Crippen LogP contribution in [0.2, 0.25) is 0 Å². The quantitative estimate of drug-likeness (QED) is 0.0441. The molecule has 0 radical (unpaired) electrons. The largest absolute Gasteiger partial charge is 0.514 e. The van der Waals surface area contributed by atoms with Crippen molar-refractivity contribution in [3.63, 3.8) is 0 Å². The Balaban J connectivity index is 0.732. The van der Waals surface area contributed by atoms with E-state index in [2.05, 4.69) is 208 Å². The molecular formula is C96H122O6. The minimum absolute atomic E-state index is 0.0701. The topological polar surface area (TPSA) is 71.1 Å². The predicted molar refractivity (Wildman–Crippen MR) is 425 cm³/mol. The average Bonchev–Trinajstić information content (AvgIpc) is 1.12. The Labute approximate surface area is 611 Å². The highest BCUT2D eigenvalue weighted by Gasteiger charge is 2.61. The first-order chi connectivity index (χ1) is 48.5. The van der Waals surface area contributed by atoms with E-state index in [9.17, 15) is 0 Å². The van der Waals surface area contributed by atoms with Crippen molar-refractivity contribution >= 4 is 76.9 Å². The summed E-state index contributed by atoms with van der Waals surface area (Å²) in [6, 6.07) is 31.2. The van der Waals surface area contributed by atoms with Crippen LogP contribution in [0.5, 0.6) is 11.5 Å². The zero-order valence-electron chi connectivity index (χ0n) is 65.3. The Kier molecular flexibility index (Phi) is 17.8. The van der Waals surface area contributed by atoms with Crippen LogP contribution < -0.4 is 9.47 Å². The van der Waals surface area contributed by atoms with Crippen molar-refractivity contribution in [3.8, 4) is 22.6 Å². The Bertz CT molecular complexity index is 4270. The van der Waals surface area contributed by atoms with Crippen LogP contribution in [-0.4, -0.2) is 24.5 Å². The molecular weight excluding hydrogens is 1250 g/mol. The van der Waals surface area contributed by atoms with Gasteiger partial charge in [0.15, 0.2) is 0 Å². The molecule has 6 fully saturated rings. The molecule has 8 aromatic carbocycles. The zero-order valence-corrected chi connectivity index (χ0v) is 65.3. The molecule has 0 spiro atoms. The maximum absolute atomic E-state index is 15.3. The maximum Gasteiger partial charge on any atom is 0.514 e. The summed E-state index contributed by atoms with van der Waals surface area (Å²) in [5.41, 5.74) is 7.81. The van der Waals surface area contributed by atoms with Crippen LogP contribution in [0.15, 0.2) is 108 Å². The molecule has 0 heterocycles. The fraction of sp³-hybridized carbons (Fsp3) is 0.604. The third-order valence-electron chi connectivity index (χ3n) is 30.8. The van der Waals surface area contributed by atoms with E-state index < -0.39 is 12.3 Å². The molecule has 16 atom stereocenters. The predicted octanol–water partition coefficient (Wildman–Crippen LogP) is 27.6. The van der Waals surface area contributed by atoms with Crippen LogP contribution in [0.4, 0.5) is 9.59 Å². The summed E-state index contributed by atoms with van der Waals surface area (Å²) < 4.78 is 27.2. The van der Waals surface area contributed by atoms with Crippen LogP contribution >= 0.6 is 0 Å². The standard InChI is InChI=1S/C96H122O6/c1-55(2)19-17-21-57(5)75-35-37-77-71-33-29-65-53-69(39-43-93(65,13)79(71)41-45-95(75,77)15)99-89(97)101-81-51-63-25-23-59-47-67(91(7,8)9)49-61-27-31-73(85(63)83(59)61)87(81)88-74-32-28-62-50-68(92(10,11)12)48-60-24-26-64(86(74)84(60)62)52-82(88)102-90(98)100-70-40-44-94(14)66(54-70)30-34-72-78-38-36-76(58(6)22-18-20-56(3)4)96(78,16)46-42-80(72)94/h23-32,47-52,55-58,69-72,75-80H,17-22,33-46,53-54H2,1-16H3/t57-,58-,69+,70+,71+,72+,75-,76-,77+,78+,79+,80+,93+,94+,95-,96-/m1/s1. The molecule has 6 heteroatoms. The van der Waals surface area contributed by atoms with Gasteiger partial charge < -0.3 is 18.9 Å². The van der Waals surface area contributed by atoms with Gasteiger partial charge in [0.1, 0.15) is 23.7 Å². The second kappa shape index (κ2) is 25.8. The van der Waals surface area contributed by atoms with Gasteiger partial charge in [-0.15, -0.1) is 0 Å². The number of ether oxygens (including phenoxy) is 4. The Morgan fingerprint density at radius 1 is 0.431 bits per heavy atom. The summed E-state index contributed by atoms with van der Waals surface area (Å²) in [4.78, 5) is 30.5. The van der Waals surface area contributed by atoms with E-state index in [0.717, 1.165) is 175 Å². The van der Waals surface area contributed by atoms with Crippen LogP contribution in [-0.2, 0) is 20.3 Å². The van der Waals surface area contributed by atoms with Gasteiger partial charge in [-0.05, 0) is 281 Å². The van der Waals surface area contributed by atoms with E-state index in [4.69, 9.17) is 18.9 Å². The molecule has 6 nitrogen and oxygen atoms in total. The SMILES string of the molecule is CC(C)CCC[C@@H](C)[C@H]1CC[C@H]2[C@@H]3CC=C4C[C@@H](OC(=O)Oc5cc6ccc7cc(C(C)(C)C)cc8ccc(c5-c5c(OC(=O)O[C@H]9CC[C@@]%10(C)C(=CC[C@H]%11[C@@H]%12CC[C@H]([C@H](C)CCCC(C)C)[C@@]%12(C)CC[C@@H]%11%10)C9)cc9ccc%10cc(C(C)(C)C)cc%11ccc5c9c%10%11)c6c78)CC[C@]4(C)[C@H]3CC[C@]12C. The summed E-state index contributed by atoms with van der Waals surface area (Å²) in [6.45, 7) is 38.9. The van der Waals surface area contributed by atoms with Gasteiger partial charge >= 0.3 is 12.3 Å². The molecule has 0 N–H and O–H groups in total. The first-order valence-corrected chi connectivity index (χ1v) is 41.2. The number of hydrogen-bond donors (Lipinski definition) is 0. The van der Waals surface area contributed by atoms with Crippen molar-refractivity contribution in [2.75, 3.05) is 0 Å². The fourth-order valence-electron chi connectivity index (χ4n) is 25.3. The van der Waals surface area contributed by atoms with Crippen LogP contribution in [0.3, 0.4) is 0 Å². The van der Waals surface area contributed by atoms with Crippen molar-refractivity contribution in [2.24, 2.45) is 92.7 Å². The first kappa shape index (κ1) is 70.2. The molecule has 0 saturated heterocycles. The van der Waals surface area contributed by atoms with Crippen molar-refractivity contribution in [1.82, 2.24) is 0 Å². The molecule has 8 aliphatic carbocycles. The number of hydrogen-bond acceptors (Lipinski definition) is 6. The summed E-state index contributed by atoms with van der Waals surface area (Å²) in [5, 5.41) is 12.8. The van der Waals surface area contributed by atoms with Gasteiger partial charge in [0.2, 0.25) is 0 Å². The molecule has 6 saturated carbocycles. The number of fused-ring (bicyclic) bond motifs is 10. The molecule has 0 aromatic heterocycles. The van der Waals surface area contributed by atoms with Crippen molar-refractivity contribution < 1.29 is 28.5 Å². The van der Waals surface area contributed by atoms with Crippen LogP contribution in [0.25, 0.3) is 75.8 Å². The number of carbonyl (C=O) groups is 2. The molecule has 0 unspecified atom stereocenters. The van der Waals surface area contributed by atoms with E-state index in [-0.39, 0.29) is 33.9 Å². The summed E-state index contributed by atoms with van der Waals surface area (Å²) in [7, 11) is 0. The van der Waals surface area contributed by atoms with E-state index in [0.29, 0.717) is 45.3 Å². The summed E-state index contributed by atoms with van der Waals surface area (Å²) >= 11 is 0. The highest BCUT2D eigenvalue weighted by atomic mass is 16.7. The van der Waals surface area contributed by atoms with Gasteiger partial charge in [0.25, 0.3) is 0 Å². The lowest BCUT2D eigenvalue weighted by Crippen LogP contribution is -2.51. The average molecular weight is 1370 g/mol. The van der Waals surface area contributed by atoms with Gasteiger partial charge in [-0.25, -0.2) is 9.59 Å². The lowest BCUT2D eigenvalue weighted by molar-refractivity contribution is -0.0597. The smallest absolute Gasteiger partial charge is 0.430 e. The molecule has 8 aromatic rings. The third-order valence-corrected chi connectivity index (χ3v) is 30.8. The highest BCUT2D eigenvalue weighted by Crippen LogP contribution is 2.70. The van der Waals surface area contributed by atoms with Crippen LogP contribution in [0.1, 0.15) is 263 Å². The highest BCUT2D eigenvalue weighted by molar-refractivity contribution is 6.31. The molecule has 16 rings (SSSR count). The lowest BCUT2D eigenvalue weighted by atomic mass is 9.47. The summed E-state index contributed by atoms with van der Waals surface area (Å²) in [6.07, 6.45) is 29.5. The molecule has 0 aliphatic heterocycles. The van der Waals surface area contributed by atoms with Gasteiger partial charge in [-0.2, -0.15) is 0 Å². The Morgan fingerprint density at radius 3 is 1.16 bits per heavy atom. The molecule has 542 valence electrons. The van der Waals surface area contributed by atoms with E-state index in [1.54, 1.807) is 0 Å². The van der Waals surface area contributed by atoms with Gasteiger partial charge in [-0.3, -0.25) is 0 Å². The lowest BCUT2D eigenvalue weighted by Gasteiger charge is -2.58. The van der Waals surface area contributed by atoms with Crippen molar-refractivity contribution in [3.05, 3.63) is 119 Å².